The van der Waals surface area contributed by atoms with Gasteiger partial charge in [-0.2, -0.15) is 0 Å². The van der Waals surface area contributed by atoms with Gasteiger partial charge in [-0.15, -0.1) is 0 Å². The third kappa shape index (κ3) is 3.15. The van der Waals surface area contributed by atoms with Crippen molar-refractivity contribution in [2.24, 2.45) is 0 Å². The first-order chi connectivity index (χ1) is 6.26. The molecule has 3 heteroatoms. The van der Waals surface area contributed by atoms with E-state index >= 15 is 0 Å². The van der Waals surface area contributed by atoms with Gasteiger partial charge in [0, 0.05) is 0 Å². The molecular weight excluding hydrogens is 225 g/mol. The zero-order chi connectivity index (χ0) is 9.68. The Hall–Kier alpha value is -0.882. The topological polar surface area (TPSA) is 29.1 Å². The third-order valence-corrected chi connectivity index (χ3v) is 3.05. The molecule has 1 aromatic rings. The Morgan fingerprint density at radius 3 is 2.54 bits per heavy atom. The fourth-order valence-electron chi connectivity index (χ4n) is 0.900. The number of carbonyl (C=O) groups is 1. The molecule has 0 bridgehead atoms. The van der Waals surface area contributed by atoms with Crippen molar-refractivity contribution in [3.63, 3.8) is 0 Å². The summed E-state index contributed by atoms with van der Waals surface area (Å²) in [5, 5.41) is 6.66. The predicted molar refractivity (Wildman–Crippen MR) is 57.9 cm³/mol. The molecule has 0 aliphatic heterocycles. The second-order valence-electron chi connectivity index (χ2n) is 2.61. The van der Waals surface area contributed by atoms with Gasteiger partial charge in [-0.3, -0.25) is 0 Å². The van der Waals surface area contributed by atoms with E-state index in [0.29, 0.717) is 6.42 Å². The van der Waals surface area contributed by atoms with Crippen LogP contribution in [-0.2, 0) is 4.79 Å². The molecule has 0 atom stereocenters. The fourth-order valence-corrected chi connectivity index (χ4v) is 1.65. The van der Waals surface area contributed by atoms with Crippen LogP contribution in [0.5, 0.6) is 0 Å². The Bertz CT molecular complexity index is 305. The fraction of sp³-hybridized carbons (Fsp3) is 0.200. The molecule has 0 spiro atoms. The first-order valence-electron chi connectivity index (χ1n) is 4.13. The summed E-state index contributed by atoms with van der Waals surface area (Å²) in [6, 6.07) is 7.87. The summed E-state index contributed by atoms with van der Waals surface area (Å²) in [7, 11) is 0. The van der Waals surface area contributed by atoms with E-state index in [2.05, 4.69) is 10.6 Å². The minimum absolute atomic E-state index is 0.0376. The van der Waals surface area contributed by atoms with Crippen LogP contribution in [0.3, 0.4) is 0 Å². The monoisotopic (exact) mass is 237 g/mol. The van der Waals surface area contributed by atoms with Crippen LogP contribution in [0.25, 0.3) is 0 Å². The van der Waals surface area contributed by atoms with Gasteiger partial charge in [0.05, 0.1) is 0 Å². The van der Waals surface area contributed by atoms with Crippen LogP contribution in [0, 0.1) is 0 Å². The van der Waals surface area contributed by atoms with E-state index in [4.69, 9.17) is 0 Å². The Morgan fingerprint density at radius 1 is 1.46 bits per heavy atom. The predicted octanol–water partition coefficient (Wildman–Crippen LogP) is 0.797. The van der Waals surface area contributed by atoms with E-state index in [0.717, 1.165) is 5.69 Å². The van der Waals surface area contributed by atoms with Gasteiger partial charge in [-0.1, -0.05) is 0 Å². The standard InChI is InChI=1S/C10H12AsNO/c1-3-10(13)12-9-6-4-8(11-2)5-7-9/h4-7H,2-3H2,1H3,(H,12,13). The van der Waals surface area contributed by atoms with Crippen molar-refractivity contribution in [1.82, 2.24) is 0 Å². The number of benzene rings is 1. The summed E-state index contributed by atoms with van der Waals surface area (Å²) in [5.74, 6) is 0.0515. The summed E-state index contributed by atoms with van der Waals surface area (Å²) in [6.07, 6.45) is 0.517. The van der Waals surface area contributed by atoms with Crippen LogP contribution < -0.4 is 9.67 Å². The van der Waals surface area contributed by atoms with Crippen molar-refractivity contribution in [2.75, 3.05) is 5.32 Å². The van der Waals surface area contributed by atoms with Gasteiger partial charge in [-0.05, 0) is 0 Å². The molecule has 0 aromatic heterocycles. The van der Waals surface area contributed by atoms with Crippen LogP contribution in [0.4, 0.5) is 5.69 Å². The van der Waals surface area contributed by atoms with Crippen LogP contribution >= 0.6 is 0 Å². The molecule has 1 aromatic carbocycles. The van der Waals surface area contributed by atoms with Gasteiger partial charge in [0.2, 0.25) is 0 Å². The summed E-state index contributed by atoms with van der Waals surface area (Å²) < 4.78 is 1.27. The normalized spacial score (nSPS) is 9.92. The molecule has 1 rings (SSSR count). The van der Waals surface area contributed by atoms with E-state index in [-0.39, 0.29) is 21.2 Å². The average molecular weight is 237 g/mol. The molecule has 1 N–H and O–H groups in total. The molecule has 68 valence electrons. The van der Waals surface area contributed by atoms with Crippen LogP contribution in [0.2, 0.25) is 0 Å². The molecule has 0 fully saturated rings. The number of hydrogen-bond donors (Lipinski definition) is 1. The molecule has 0 heterocycles. The number of nitrogens with one attached hydrogen (secondary N) is 1. The maximum absolute atomic E-state index is 11.0. The van der Waals surface area contributed by atoms with Crippen molar-refractivity contribution in [1.29, 1.82) is 0 Å². The van der Waals surface area contributed by atoms with Gasteiger partial charge in [0.25, 0.3) is 0 Å². The molecule has 13 heavy (non-hydrogen) atoms. The molecule has 0 saturated carbocycles. The van der Waals surface area contributed by atoms with Gasteiger partial charge in [-0.25, -0.2) is 0 Å². The Labute approximate surface area is 84.6 Å². The second kappa shape index (κ2) is 4.98. The molecule has 0 saturated heterocycles. The van der Waals surface area contributed by atoms with Crippen molar-refractivity contribution >= 4 is 36.6 Å². The number of carbonyl (C=O) groups excluding carboxylic acids is 1. The van der Waals surface area contributed by atoms with Gasteiger partial charge in [0.15, 0.2) is 0 Å². The van der Waals surface area contributed by atoms with E-state index < -0.39 is 0 Å². The zero-order valence-electron chi connectivity index (χ0n) is 7.58. The van der Waals surface area contributed by atoms with Crippen LogP contribution in [-0.4, -0.2) is 26.5 Å². The van der Waals surface area contributed by atoms with Crippen molar-refractivity contribution in [2.45, 2.75) is 13.3 Å². The summed E-state index contributed by atoms with van der Waals surface area (Å²) in [6.45, 7) is 1.84. The van der Waals surface area contributed by atoms with Gasteiger partial charge >= 0.3 is 84.3 Å². The van der Waals surface area contributed by atoms with Crippen LogP contribution in [0.15, 0.2) is 24.3 Å². The van der Waals surface area contributed by atoms with Gasteiger partial charge < -0.3 is 0 Å². The van der Waals surface area contributed by atoms with Crippen molar-refractivity contribution in [3.8, 4) is 0 Å². The van der Waals surface area contributed by atoms with E-state index in [1.807, 2.05) is 31.2 Å². The van der Waals surface area contributed by atoms with E-state index in [1.54, 1.807) is 0 Å². The van der Waals surface area contributed by atoms with E-state index in [1.165, 1.54) is 4.35 Å². The average Bonchev–Trinajstić information content (AvgIpc) is 2.19. The minimum atomic E-state index is 0.0376. The zero-order valence-corrected chi connectivity index (χ0v) is 9.46. The van der Waals surface area contributed by atoms with Crippen molar-refractivity contribution in [3.05, 3.63) is 24.3 Å². The number of rotatable bonds is 3. The molecule has 0 aliphatic rings. The summed E-state index contributed by atoms with van der Waals surface area (Å²) >= 11 is 0.0376. The van der Waals surface area contributed by atoms with Gasteiger partial charge in [0.1, 0.15) is 0 Å². The molecule has 0 unspecified atom stereocenters. The Morgan fingerprint density at radius 2 is 2.08 bits per heavy atom. The number of hydrogen-bond acceptors (Lipinski definition) is 1. The summed E-state index contributed by atoms with van der Waals surface area (Å²) in [5.41, 5.74) is 0.866. The first kappa shape index (κ1) is 10.2. The van der Waals surface area contributed by atoms with Crippen LogP contribution in [0.1, 0.15) is 13.3 Å². The second-order valence-corrected chi connectivity index (χ2v) is 4.35. The molecule has 2 nitrogen and oxygen atoms in total. The number of amides is 1. The quantitative estimate of drug-likeness (QED) is 0.774. The Balaban J connectivity index is 2.69. The number of anilines is 1. The molecule has 0 aliphatic carbocycles. The first-order valence-corrected chi connectivity index (χ1v) is 6.39. The SMILES string of the molecule is C=[As]c1ccc(NC(=O)CC)cc1. The van der Waals surface area contributed by atoms with Crippen molar-refractivity contribution < 1.29 is 4.79 Å². The third-order valence-electron chi connectivity index (χ3n) is 1.65. The maximum atomic E-state index is 11.0. The Kier molecular flexibility index (Phi) is 3.91. The molecular formula is C10H12AsNO. The summed E-state index contributed by atoms with van der Waals surface area (Å²) in [4.78, 5) is 11.0. The van der Waals surface area contributed by atoms with E-state index in [9.17, 15) is 4.79 Å². The molecule has 1 amide bonds. The molecule has 0 radical (unpaired) electrons.